The zero-order valence-electron chi connectivity index (χ0n) is 17.4. The molecule has 7 heteroatoms. The maximum absolute atomic E-state index is 12.9. The predicted octanol–water partition coefficient (Wildman–Crippen LogP) is 2.86. The van der Waals surface area contributed by atoms with Crippen molar-refractivity contribution in [1.29, 1.82) is 10.5 Å². The first kappa shape index (κ1) is 20.8. The Morgan fingerprint density at radius 1 is 1.10 bits per heavy atom. The van der Waals surface area contributed by atoms with Gasteiger partial charge in [0.15, 0.2) is 11.2 Å². The molecule has 0 aromatic carbocycles. The highest BCUT2D eigenvalue weighted by Gasteiger charge is 2.51. The van der Waals surface area contributed by atoms with E-state index in [2.05, 4.69) is 24.3 Å². The topological polar surface area (TPSA) is 117 Å². The Labute approximate surface area is 180 Å². The van der Waals surface area contributed by atoms with Crippen LogP contribution in [0.4, 0.5) is 0 Å². The number of allylic oxidation sites excluding steroid dienone is 6. The average molecular weight is 418 g/mol. The molecule has 0 fully saturated rings. The summed E-state index contributed by atoms with van der Waals surface area (Å²) in [4.78, 5) is 35.8. The minimum absolute atomic E-state index is 0.00770. The van der Waals surface area contributed by atoms with Crippen LogP contribution in [-0.2, 0) is 23.9 Å². The highest BCUT2D eigenvalue weighted by Crippen LogP contribution is 2.56. The lowest BCUT2D eigenvalue weighted by Crippen LogP contribution is -2.32. The molecule has 0 radical (unpaired) electrons. The largest absolute Gasteiger partial charge is 0.461 e. The fraction of sp³-hybridized carbons (Fsp3) is 0.458. The number of rotatable bonds is 4. The average Bonchev–Trinajstić information content (AvgIpc) is 3.22. The van der Waals surface area contributed by atoms with E-state index in [0.29, 0.717) is 11.1 Å². The van der Waals surface area contributed by atoms with Crippen molar-refractivity contribution in [1.82, 2.24) is 0 Å². The Bertz CT molecular complexity index is 1080. The third-order valence-electron chi connectivity index (χ3n) is 6.64. The molecular formula is C24H22N2O5. The van der Waals surface area contributed by atoms with E-state index >= 15 is 0 Å². The summed E-state index contributed by atoms with van der Waals surface area (Å²) in [7, 11) is 0. The van der Waals surface area contributed by atoms with Crippen LogP contribution in [0.25, 0.3) is 0 Å². The molecule has 0 N–H and O–H groups in total. The molecule has 3 atom stereocenters. The zero-order valence-corrected chi connectivity index (χ0v) is 17.4. The highest BCUT2D eigenvalue weighted by atomic mass is 16.5. The number of hydrogen-bond acceptors (Lipinski definition) is 7. The van der Waals surface area contributed by atoms with Crippen molar-refractivity contribution in [3.63, 3.8) is 0 Å². The molecule has 0 aromatic rings. The van der Waals surface area contributed by atoms with Crippen LogP contribution in [0.1, 0.15) is 33.1 Å². The molecule has 0 unspecified atom stereocenters. The van der Waals surface area contributed by atoms with Gasteiger partial charge in [-0.15, -0.1) is 0 Å². The van der Waals surface area contributed by atoms with Gasteiger partial charge in [0.1, 0.15) is 13.2 Å². The van der Waals surface area contributed by atoms with Gasteiger partial charge in [0.05, 0.1) is 12.1 Å². The molecule has 4 aliphatic carbocycles. The molecule has 31 heavy (non-hydrogen) atoms. The van der Waals surface area contributed by atoms with Crippen molar-refractivity contribution in [3.05, 3.63) is 46.1 Å². The number of nitrogens with zero attached hydrogens (tertiary/aromatic N) is 2. The van der Waals surface area contributed by atoms with Crippen molar-refractivity contribution >= 4 is 17.7 Å². The van der Waals surface area contributed by atoms with Gasteiger partial charge in [-0.1, -0.05) is 18.2 Å². The number of Topliss-reactive ketones (excluding diaryl/α,β-unsaturated/α-hetero) is 1. The van der Waals surface area contributed by atoms with Crippen molar-refractivity contribution < 1.29 is 23.9 Å². The van der Waals surface area contributed by atoms with Gasteiger partial charge in [0.2, 0.25) is 0 Å². The molecule has 158 valence electrons. The second-order valence-electron chi connectivity index (χ2n) is 8.48. The van der Waals surface area contributed by atoms with Gasteiger partial charge < -0.3 is 9.47 Å². The second kappa shape index (κ2) is 7.67. The lowest BCUT2D eigenvalue weighted by Gasteiger charge is -2.36. The van der Waals surface area contributed by atoms with Gasteiger partial charge in [-0.25, -0.2) is 0 Å². The van der Waals surface area contributed by atoms with E-state index in [0.717, 1.165) is 23.1 Å². The smallest absolute Gasteiger partial charge is 0.302 e. The molecule has 2 bridgehead atoms. The minimum atomic E-state index is -1.45. The summed E-state index contributed by atoms with van der Waals surface area (Å²) in [5.41, 5.74) is 1.66. The quantitative estimate of drug-likeness (QED) is 0.509. The Hall–Kier alpha value is -3.45. The van der Waals surface area contributed by atoms with Crippen LogP contribution in [-0.4, -0.2) is 30.9 Å². The van der Waals surface area contributed by atoms with Crippen LogP contribution in [0, 0.1) is 45.8 Å². The molecule has 0 amide bonds. The Morgan fingerprint density at radius 3 is 2.42 bits per heavy atom. The molecule has 4 rings (SSSR count). The van der Waals surface area contributed by atoms with E-state index in [1.54, 1.807) is 0 Å². The van der Waals surface area contributed by atoms with Crippen molar-refractivity contribution in [2.45, 2.75) is 33.1 Å². The van der Waals surface area contributed by atoms with Crippen LogP contribution in [0.2, 0.25) is 0 Å². The summed E-state index contributed by atoms with van der Waals surface area (Å²) >= 11 is 0. The van der Waals surface area contributed by atoms with Crippen LogP contribution >= 0.6 is 0 Å². The van der Waals surface area contributed by atoms with Crippen LogP contribution in [0.15, 0.2) is 46.1 Å². The zero-order chi connectivity index (χ0) is 22.3. The maximum Gasteiger partial charge on any atom is 0.302 e. The fourth-order valence-electron chi connectivity index (χ4n) is 5.28. The normalized spacial score (nSPS) is 27.5. The van der Waals surface area contributed by atoms with E-state index in [4.69, 9.17) is 9.47 Å². The third kappa shape index (κ3) is 3.41. The molecule has 0 saturated heterocycles. The first-order valence-corrected chi connectivity index (χ1v) is 10.3. The number of nitriles is 2. The summed E-state index contributed by atoms with van der Waals surface area (Å²) in [5, 5.41) is 20.3. The highest BCUT2D eigenvalue weighted by molar-refractivity contribution is 6.03. The standard InChI is InChI=1S/C24H22N2O5/c1-13(27)30-9-19-18-8-24(11-25,12-26)21-6-15-3-4-16(5-15)23(21)20(10-31-14(2)28)17(18)7-22(19)29/h3-4,6,15-16,23H,5,7-10H2,1-2H3/t15-,16+,23+/m0/s1. The van der Waals surface area contributed by atoms with E-state index in [9.17, 15) is 24.9 Å². The monoisotopic (exact) mass is 418 g/mol. The van der Waals surface area contributed by atoms with E-state index < -0.39 is 17.4 Å². The van der Waals surface area contributed by atoms with Crippen LogP contribution in [0.3, 0.4) is 0 Å². The predicted molar refractivity (Wildman–Crippen MR) is 108 cm³/mol. The Kier molecular flexibility index (Phi) is 5.15. The number of carbonyl (C=O) groups is 3. The van der Waals surface area contributed by atoms with E-state index in [1.165, 1.54) is 13.8 Å². The third-order valence-corrected chi connectivity index (χ3v) is 6.64. The van der Waals surface area contributed by atoms with Crippen LogP contribution < -0.4 is 0 Å². The SMILES string of the molecule is CC(=O)OCC1=C2CC(C#N)(C#N)C3=C[C@H]4C=C[C@H](C4)[C@@H]3C(COC(C)=O)=C2CC1=O. The number of carbonyl (C=O) groups excluding carboxylic acids is 3. The Morgan fingerprint density at radius 2 is 1.77 bits per heavy atom. The number of hydrogen-bond donors (Lipinski definition) is 0. The minimum Gasteiger partial charge on any atom is -0.461 e. The molecule has 0 spiro atoms. The van der Waals surface area contributed by atoms with Gasteiger partial charge in [0, 0.05) is 38.2 Å². The maximum atomic E-state index is 12.9. The van der Waals surface area contributed by atoms with Crippen LogP contribution in [0.5, 0.6) is 0 Å². The summed E-state index contributed by atoms with van der Waals surface area (Å²) < 4.78 is 10.5. The molecular weight excluding hydrogens is 396 g/mol. The first-order chi connectivity index (χ1) is 14.8. The van der Waals surface area contributed by atoms with E-state index in [-0.39, 0.29) is 49.6 Å². The number of fused-ring (bicyclic) bond motifs is 5. The summed E-state index contributed by atoms with van der Waals surface area (Å²) in [5.74, 6) is -1.22. The molecule has 7 nitrogen and oxygen atoms in total. The van der Waals surface area contributed by atoms with Crippen molar-refractivity contribution in [2.24, 2.45) is 23.2 Å². The number of ether oxygens (including phenoxy) is 2. The molecule has 4 aliphatic rings. The van der Waals surface area contributed by atoms with Crippen molar-refractivity contribution in [3.8, 4) is 12.1 Å². The van der Waals surface area contributed by atoms with Gasteiger partial charge in [-0.2, -0.15) is 10.5 Å². The molecule has 0 aromatic heterocycles. The number of ketones is 1. The van der Waals surface area contributed by atoms with Crippen molar-refractivity contribution in [2.75, 3.05) is 13.2 Å². The lowest BCUT2D eigenvalue weighted by atomic mass is 9.65. The van der Waals surface area contributed by atoms with Gasteiger partial charge in [0.25, 0.3) is 0 Å². The van der Waals surface area contributed by atoms with Gasteiger partial charge in [-0.3, -0.25) is 14.4 Å². The van der Waals surface area contributed by atoms with Gasteiger partial charge >= 0.3 is 11.9 Å². The second-order valence-corrected chi connectivity index (χ2v) is 8.48. The summed E-state index contributed by atoms with van der Waals surface area (Å²) in [6.45, 7) is 2.38. The molecule has 0 saturated carbocycles. The molecule has 0 heterocycles. The van der Waals surface area contributed by atoms with Gasteiger partial charge in [-0.05, 0) is 40.5 Å². The summed E-state index contributed by atoms with van der Waals surface area (Å²) in [6, 6.07) is 4.46. The van der Waals surface area contributed by atoms with E-state index in [1.807, 2.05) is 6.08 Å². The fourth-order valence-corrected chi connectivity index (χ4v) is 5.28. The number of esters is 2. The molecule has 0 aliphatic heterocycles. The summed E-state index contributed by atoms with van der Waals surface area (Å²) in [6.07, 6.45) is 7.16. The first-order valence-electron chi connectivity index (χ1n) is 10.3. The lowest BCUT2D eigenvalue weighted by molar-refractivity contribution is -0.141. The Balaban J connectivity index is 1.94.